The van der Waals surface area contributed by atoms with Gasteiger partial charge in [-0.2, -0.15) is 5.10 Å². The van der Waals surface area contributed by atoms with Crippen molar-refractivity contribution in [3.05, 3.63) is 53.7 Å². The molecule has 0 saturated heterocycles. The van der Waals surface area contributed by atoms with Gasteiger partial charge in [0.05, 0.1) is 6.20 Å². The van der Waals surface area contributed by atoms with Crippen LogP contribution < -0.4 is 5.32 Å². The molecule has 1 N–H and O–H groups in total. The van der Waals surface area contributed by atoms with Crippen molar-refractivity contribution in [2.45, 2.75) is 0 Å². The molecule has 1 aromatic carbocycles. The van der Waals surface area contributed by atoms with Crippen LogP contribution in [-0.4, -0.2) is 16.7 Å². The van der Waals surface area contributed by atoms with Gasteiger partial charge in [-0.25, -0.2) is 0 Å². The van der Waals surface area contributed by atoms with E-state index in [4.69, 9.17) is 0 Å². The van der Waals surface area contributed by atoms with Gasteiger partial charge in [0.2, 0.25) is 0 Å². The lowest BCUT2D eigenvalue weighted by Gasteiger charge is -2.05. The number of hydrogen-bond acceptors (Lipinski definition) is 3. The number of aromatic nitrogens is 2. The van der Waals surface area contributed by atoms with Crippen molar-refractivity contribution in [2.24, 2.45) is 0 Å². The maximum atomic E-state index is 4.00. The van der Waals surface area contributed by atoms with E-state index < -0.39 is 0 Å². The minimum Gasteiger partial charge on any atom is -0.365 e. The summed E-state index contributed by atoms with van der Waals surface area (Å²) in [6, 6.07) is 10.1. The maximum absolute atomic E-state index is 4.00. The predicted molar refractivity (Wildman–Crippen MR) is 73.9 cm³/mol. The van der Waals surface area contributed by atoms with Crippen LogP contribution in [0.3, 0.4) is 0 Å². The molecule has 2 aromatic rings. The molecule has 0 atom stereocenters. The van der Waals surface area contributed by atoms with Crippen LogP contribution in [0.5, 0.6) is 0 Å². The molecule has 1 heterocycles. The molecule has 17 heavy (non-hydrogen) atoms. The van der Waals surface area contributed by atoms with Gasteiger partial charge in [0.1, 0.15) is 5.82 Å². The summed E-state index contributed by atoms with van der Waals surface area (Å²) in [7, 11) is 0. The summed E-state index contributed by atoms with van der Waals surface area (Å²) in [5.41, 5.74) is 2.14. The molecule has 0 amide bonds. The first-order valence-corrected chi connectivity index (χ1v) is 6.02. The van der Waals surface area contributed by atoms with Gasteiger partial charge >= 0.3 is 0 Å². The standard InChI is InChI=1S/C13H12BrN3/c1-2-6-15-13-8-11(9-16-17-13)10-4-3-5-12(14)7-10/h2-5,7-9H,1,6H2,(H,15,17). The van der Waals surface area contributed by atoms with Crippen LogP contribution in [0, 0.1) is 0 Å². The lowest BCUT2D eigenvalue weighted by atomic mass is 10.1. The number of rotatable bonds is 4. The normalized spacial score (nSPS) is 9.94. The second-order valence-corrected chi connectivity index (χ2v) is 4.43. The average Bonchev–Trinajstić information content (AvgIpc) is 2.37. The van der Waals surface area contributed by atoms with E-state index in [-0.39, 0.29) is 0 Å². The maximum Gasteiger partial charge on any atom is 0.149 e. The Morgan fingerprint density at radius 3 is 2.94 bits per heavy atom. The van der Waals surface area contributed by atoms with Gasteiger partial charge in [-0.1, -0.05) is 34.1 Å². The van der Waals surface area contributed by atoms with Gasteiger partial charge < -0.3 is 5.32 Å². The zero-order valence-electron chi connectivity index (χ0n) is 9.23. The smallest absolute Gasteiger partial charge is 0.149 e. The van der Waals surface area contributed by atoms with Crippen LogP contribution >= 0.6 is 15.9 Å². The molecule has 2 rings (SSSR count). The fourth-order valence-corrected chi connectivity index (χ4v) is 1.85. The number of benzene rings is 1. The molecule has 0 saturated carbocycles. The molecular formula is C13H12BrN3. The molecular weight excluding hydrogens is 278 g/mol. The van der Waals surface area contributed by atoms with Crippen molar-refractivity contribution in [3.8, 4) is 11.1 Å². The van der Waals surface area contributed by atoms with E-state index in [0.717, 1.165) is 21.4 Å². The molecule has 0 aliphatic carbocycles. The molecule has 0 fully saturated rings. The lowest BCUT2D eigenvalue weighted by molar-refractivity contribution is 1.02. The van der Waals surface area contributed by atoms with E-state index >= 15 is 0 Å². The fourth-order valence-electron chi connectivity index (χ4n) is 1.46. The highest BCUT2D eigenvalue weighted by molar-refractivity contribution is 9.10. The van der Waals surface area contributed by atoms with Gasteiger partial charge in [0, 0.05) is 16.6 Å². The Morgan fingerprint density at radius 2 is 2.18 bits per heavy atom. The summed E-state index contributed by atoms with van der Waals surface area (Å²) < 4.78 is 1.05. The topological polar surface area (TPSA) is 37.8 Å². The third-order valence-electron chi connectivity index (χ3n) is 2.24. The Morgan fingerprint density at radius 1 is 1.29 bits per heavy atom. The molecule has 0 aliphatic rings. The molecule has 0 unspecified atom stereocenters. The highest BCUT2D eigenvalue weighted by Crippen LogP contribution is 2.23. The van der Waals surface area contributed by atoms with Crippen molar-refractivity contribution in [1.82, 2.24) is 10.2 Å². The summed E-state index contributed by atoms with van der Waals surface area (Å²) in [4.78, 5) is 0. The summed E-state index contributed by atoms with van der Waals surface area (Å²) in [5, 5.41) is 11.1. The van der Waals surface area contributed by atoms with Crippen LogP contribution in [0.4, 0.5) is 5.82 Å². The third-order valence-corrected chi connectivity index (χ3v) is 2.73. The Bertz CT molecular complexity index is 526. The number of nitrogens with zero attached hydrogens (tertiary/aromatic N) is 2. The average molecular weight is 290 g/mol. The van der Waals surface area contributed by atoms with Gasteiger partial charge in [-0.3, -0.25) is 0 Å². The quantitative estimate of drug-likeness (QED) is 0.876. The minimum absolute atomic E-state index is 0.677. The van der Waals surface area contributed by atoms with Crippen LogP contribution in [0.1, 0.15) is 0 Å². The van der Waals surface area contributed by atoms with E-state index in [1.165, 1.54) is 0 Å². The number of hydrogen-bond donors (Lipinski definition) is 1. The van der Waals surface area contributed by atoms with Crippen LogP contribution in [0.2, 0.25) is 0 Å². The highest BCUT2D eigenvalue weighted by atomic mass is 79.9. The second kappa shape index (κ2) is 5.59. The number of nitrogens with one attached hydrogen (secondary N) is 1. The molecule has 4 heteroatoms. The van der Waals surface area contributed by atoms with E-state index in [0.29, 0.717) is 6.54 Å². The first kappa shape index (κ1) is 11.8. The van der Waals surface area contributed by atoms with Crippen LogP contribution in [0.15, 0.2) is 53.7 Å². The van der Waals surface area contributed by atoms with Crippen molar-refractivity contribution < 1.29 is 0 Å². The summed E-state index contributed by atoms with van der Waals surface area (Å²) in [6.07, 6.45) is 3.54. The lowest BCUT2D eigenvalue weighted by Crippen LogP contribution is -2.01. The van der Waals surface area contributed by atoms with Gasteiger partial charge in [-0.05, 0) is 23.8 Å². The van der Waals surface area contributed by atoms with Crippen molar-refractivity contribution >= 4 is 21.7 Å². The van der Waals surface area contributed by atoms with E-state index in [1.54, 1.807) is 12.3 Å². The zero-order chi connectivity index (χ0) is 12.1. The molecule has 1 aromatic heterocycles. The Balaban J connectivity index is 2.29. The van der Waals surface area contributed by atoms with Crippen LogP contribution in [-0.2, 0) is 0 Å². The van der Waals surface area contributed by atoms with Crippen LogP contribution in [0.25, 0.3) is 11.1 Å². The highest BCUT2D eigenvalue weighted by Gasteiger charge is 2.01. The molecule has 0 spiro atoms. The molecule has 86 valence electrons. The molecule has 0 aliphatic heterocycles. The van der Waals surface area contributed by atoms with Crippen molar-refractivity contribution in [1.29, 1.82) is 0 Å². The van der Waals surface area contributed by atoms with E-state index in [9.17, 15) is 0 Å². The zero-order valence-corrected chi connectivity index (χ0v) is 10.8. The van der Waals surface area contributed by atoms with E-state index in [1.807, 2.05) is 30.3 Å². The second-order valence-electron chi connectivity index (χ2n) is 3.51. The Labute approximate surface area is 109 Å². The molecule has 0 radical (unpaired) electrons. The molecule has 3 nitrogen and oxygen atoms in total. The molecule has 0 bridgehead atoms. The fraction of sp³-hybridized carbons (Fsp3) is 0.0769. The third kappa shape index (κ3) is 3.14. The summed E-state index contributed by atoms with van der Waals surface area (Å²) >= 11 is 3.45. The monoisotopic (exact) mass is 289 g/mol. The summed E-state index contributed by atoms with van der Waals surface area (Å²) in [6.45, 7) is 4.33. The first-order chi connectivity index (χ1) is 8.29. The SMILES string of the molecule is C=CCNc1cc(-c2cccc(Br)c2)cnn1. The first-order valence-electron chi connectivity index (χ1n) is 5.23. The van der Waals surface area contributed by atoms with E-state index in [2.05, 4.69) is 38.0 Å². The minimum atomic E-state index is 0.677. The van der Waals surface area contributed by atoms with Crippen molar-refractivity contribution in [2.75, 3.05) is 11.9 Å². The predicted octanol–water partition coefficient (Wildman–Crippen LogP) is 3.50. The van der Waals surface area contributed by atoms with Gasteiger partial charge in [-0.15, -0.1) is 11.7 Å². The Hall–Kier alpha value is -1.68. The van der Waals surface area contributed by atoms with Gasteiger partial charge in [0.15, 0.2) is 0 Å². The number of anilines is 1. The van der Waals surface area contributed by atoms with Gasteiger partial charge in [0.25, 0.3) is 0 Å². The Kier molecular flexibility index (Phi) is 3.88. The summed E-state index contributed by atoms with van der Waals surface area (Å²) in [5.74, 6) is 0.752. The largest absolute Gasteiger partial charge is 0.365 e. The number of halogens is 1. The van der Waals surface area contributed by atoms with Crippen molar-refractivity contribution in [3.63, 3.8) is 0 Å².